The molecule has 0 radical (unpaired) electrons. The first-order valence-corrected chi connectivity index (χ1v) is 6.17. The minimum absolute atomic E-state index is 0.878. The third-order valence-electron chi connectivity index (χ3n) is 2.88. The third-order valence-corrected chi connectivity index (χ3v) is 2.88. The summed E-state index contributed by atoms with van der Waals surface area (Å²) in [6.45, 7) is 5.01. The van der Waals surface area contributed by atoms with E-state index >= 15 is 0 Å². The van der Waals surface area contributed by atoms with Crippen LogP contribution in [-0.2, 0) is 6.54 Å². The minimum Gasteiger partial charge on any atom is -0.457 e. The Kier molecular flexibility index (Phi) is 4.00. The highest BCUT2D eigenvalue weighted by Gasteiger charge is 2.02. The number of hydrogen-bond donors (Lipinski definition) is 1. The van der Waals surface area contributed by atoms with Crippen LogP contribution in [0.15, 0.2) is 42.5 Å². The summed E-state index contributed by atoms with van der Waals surface area (Å²) in [6.07, 6.45) is 0. The van der Waals surface area contributed by atoms with Gasteiger partial charge in [-0.1, -0.05) is 24.3 Å². The molecule has 2 rings (SSSR count). The van der Waals surface area contributed by atoms with E-state index in [4.69, 9.17) is 4.74 Å². The topological polar surface area (TPSA) is 21.3 Å². The molecule has 0 fully saturated rings. The molecule has 18 heavy (non-hydrogen) atoms. The number of aryl methyl sites for hydroxylation is 2. The summed E-state index contributed by atoms with van der Waals surface area (Å²) in [5, 5.41) is 3.13. The average Bonchev–Trinajstić information content (AvgIpc) is 2.37. The lowest BCUT2D eigenvalue weighted by atomic mass is 10.1. The molecule has 0 aliphatic rings. The van der Waals surface area contributed by atoms with Crippen molar-refractivity contribution in [2.75, 3.05) is 7.05 Å². The van der Waals surface area contributed by atoms with E-state index in [0.29, 0.717) is 0 Å². The first-order chi connectivity index (χ1) is 8.69. The zero-order valence-electron chi connectivity index (χ0n) is 11.2. The molecule has 2 heteroatoms. The van der Waals surface area contributed by atoms with Crippen LogP contribution in [0.25, 0.3) is 0 Å². The lowest BCUT2D eigenvalue weighted by molar-refractivity contribution is 0.478. The van der Waals surface area contributed by atoms with E-state index in [9.17, 15) is 0 Å². The van der Waals surface area contributed by atoms with Crippen LogP contribution in [0.3, 0.4) is 0 Å². The van der Waals surface area contributed by atoms with E-state index in [1.165, 1.54) is 11.1 Å². The first-order valence-electron chi connectivity index (χ1n) is 6.17. The lowest BCUT2D eigenvalue weighted by Gasteiger charge is -2.10. The molecule has 0 aliphatic heterocycles. The number of rotatable bonds is 4. The molecule has 2 aromatic rings. The molecule has 1 N–H and O–H groups in total. The number of ether oxygens (including phenoxy) is 1. The summed E-state index contributed by atoms with van der Waals surface area (Å²) in [5.41, 5.74) is 3.62. The van der Waals surface area contributed by atoms with Gasteiger partial charge >= 0.3 is 0 Å². The second-order valence-corrected chi connectivity index (χ2v) is 4.55. The Morgan fingerprint density at radius 1 is 1.00 bits per heavy atom. The summed E-state index contributed by atoms with van der Waals surface area (Å²) in [6, 6.07) is 14.4. The van der Waals surface area contributed by atoms with E-state index in [0.717, 1.165) is 23.6 Å². The fourth-order valence-corrected chi connectivity index (χ4v) is 1.82. The van der Waals surface area contributed by atoms with Crippen LogP contribution >= 0.6 is 0 Å². The molecule has 2 nitrogen and oxygen atoms in total. The van der Waals surface area contributed by atoms with Crippen LogP contribution in [0.2, 0.25) is 0 Å². The van der Waals surface area contributed by atoms with E-state index in [1.807, 2.05) is 19.2 Å². The molecule has 0 saturated carbocycles. The molecule has 0 spiro atoms. The van der Waals surface area contributed by atoms with Gasteiger partial charge in [-0.25, -0.2) is 0 Å². The molecule has 0 heterocycles. The molecule has 0 atom stereocenters. The molecule has 0 amide bonds. The van der Waals surface area contributed by atoms with Gasteiger partial charge < -0.3 is 10.1 Å². The van der Waals surface area contributed by atoms with Gasteiger partial charge in [-0.05, 0) is 55.8 Å². The van der Waals surface area contributed by atoms with Crippen LogP contribution in [0.4, 0.5) is 0 Å². The third kappa shape index (κ3) is 3.11. The van der Waals surface area contributed by atoms with Gasteiger partial charge in [0.25, 0.3) is 0 Å². The van der Waals surface area contributed by atoms with Crippen LogP contribution in [-0.4, -0.2) is 7.05 Å². The molecule has 0 unspecified atom stereocenters. The predicted molar refractivity (Wildman–Crippen MR) is 75.2 cm³/mol. The summed E-state index contributed by atoms with van der Waals surface area (Å²) in [7, 11) is 1.94. The van der Waals surface area contributed by atoms with Crippen LogP contribution < -0.4 is 10.1 Å². The van der Waals surface area contributed by atoms with Gasteiger partial charge in [0.1, 0.15) is 11.5 Å². The Morgan fingerprint density at radius 2 is 1.72 bits per heavy atom. The highest BCUT2D eigenvalue weighted by Crippen LogP contribution is 2.26. The smallest absolute Gasteiger partial charge is 0.130 e. The monoisotopic (exact) mass is 241 g/mol. The molecule has 0 saturated heterocycles. The molecule has 0 aromatic heterocycles. The second-order valence-electron chi connectivity index (χ2n) is 4.55. The Balaban J connectivity index is 2.15. The van der Waals surface area contributed by atoms with Crippen molar-refractivity contribution in [3.8, 4) is 11.5 Å². The molecule has 2 aromatic carbocycles. The molecular formula is C16H19NO. The van der Waals surface area contributed by atoms with Gasteiger partial charge in [0.05, 0.1) is 0 Å². The predicted octanol–water partition coefficient (Wildman–Crippen LogP) is 3.82. The first kappa shape index (κ1) is 12.7. The van der Waals surface area contributed by atoms with Crippen LogP contribution in [0.5, 0.6) is 11.5 Å². The van der Waals surface area contributed by atoms with E-state index < -0.39 is 0 Å². The number of nitrogens with one attached hydrogen (secondary N) is 1. The SMILES string of the molecule is CNCc1ccc(Oc2cc(C)ccc2C)cc1. The molecule has 94 valence electrons. The Hall–Kier alpha value is -1.80. The second kappa shape index (κ2) is 5.69. The fraction of sp³-hybridized carbons (Fsp3) is 0.250. The number of hydrogen-bond acceptors (Lipinski definition) is 2. The summed E-state index contributed by atoms with van der Waals surface area (Å²) < 4.78 is 5.90. The van der Waals surface area contributed by atoms with Gasteiger partial charge in [-0.3, -0.25) is 0 Å². The molecule has 0 aliphatic carbocycles. The van der Waals surface area contributed by atoms with Crippen molar-refractivity contribution in [1.82, 2.24) is 5.32 Å². The van der Waals surface area contributed by atoms with E-state index in [-0.39, 0.29) is 0 Å². The maximum atomic E-state index is 5.90. The van der Waals surface area contributed by atoms with Gasteiger partial charge in [0.15, 0.2) is 0 Å². The van der Waals surface area contributed by atoms with Crippen molar-refractivity contribution < 1.29 is 4.74 Å². The minimum atomic E-state index is 0.878. The van der Waals surface area contributed by atoms with E-state index in [1.54, 1.807) is 0 Å². The van der Waals surface area contributed by atoms with E-state index in [2.05, 4.69) is 49.5 Å². The number of benzene rings is 2. The largest absolute Gasteiger partial charge is 0.457 e. The quantitative estimate of drug-likeness (QED) is 0.878. The van der Waals surface area contributed by atoms with Gasteiger partial charge in [-0.2, -0.15) is 0 Å². The van der Waals surface area contributed by atoms with Crippen LogP contribution in [0, 0.1) is 13.8 Å². The average molecular weight is 241 g/mol. The van der Waals surface area contributed by atoms with Gasteiger partial charge in [0, 0.05) is 6.54 Å². The standard InChI is InChI=1S/C16H19NO/c1-12-4-5-13(2)16(10-12)18-15-8-6-14(7-9-15)11-17-3/h4-10,17H,11H2,1-3H3. The Morgan fingerprint density at radius 3 is 2.39 bits per heavy atom. The fourth-order valence-electron chi connectivity index (χ4n) is 1.82. The zero-order valence-corrected chi connectivity index (χ0v) is 11.2. The van der Waals surface area contributed by atoms with Crippen LogP contribution in [0.1, 0.15) is 16.7 Å². The maximum Gasteiger partial charge on any atom is 0.130 e. The Labute approximate surface area is 109 Å². The highest BCUT2D eigenvalue weighted by atomic mass is 16.5. The molecule has 0 bridgehead atoms. The summed E-state index contributed by atoms with van der Waals surface area (Å²) >= 11 is 0. The highest BCUT2D eigenvalue weighted by molar-refractivity contribution is 5.40. The lowest BCUT2D eigenvalue weighted by Crippen LogP contribution is -2.04. The van der Waals surface area contributed by atoms with Crippen molar-refractivity contribution in [2.45, 2.75) is 20.4 Å². The molecular weight excluding hydrogens is 222 g/mol. The van der Waals surface area contributed by atoms with Gasteiger partial charge in [0.2, 0.25) is 0 Å². The zero-order chi connectivity index (χ0) is 13.0. The Bertz CT molecular complexity index is 517. The van der Waals surface area contributed by atoms with Crippen molar-refractivity contribution in [2.24, 2.45) is 0 Å². The maximum absolute atomic E-state index is 5.90. The van der Waals surface area contributed by atoms with Crippen molar-refractivity contribution in [1.29, 1.82) is 0 Å². The van der Waals surface area contributed by atoms with Crippen molar-refractivity contribution in [3.05, 3.63) is 59.2 Å². The summed E-state index contributed by atoms with van der Waals surface area (Å²) in [4.78, 5) is 0. The van der Waals surface area contributed by atoms with Crippen molar-refractivity contribution in [3.63, 3.8) is 0 Å². The van der Waals surface area contributed by atoms with Crippen molar-refractivity contribution >= 4 is 0 Å². The summed E-state index contributed by atoms with van der Waals surface area (Å²) in [5.74, 6) is 1.81. The van der Waals surface area contributed by atoms with Gasteiger partial charge in [-0.15, -0.1) is 0 Å². The normalized spacial score (nSPS) is 10.4.